The van der Waals surface area contributed by atoms with Gasteiger partial charge in [0.1, 0.15) is 22.8 Å². The monoisotopic (exact) mass is 430 g/mol. The molecule has 0 atom stereocenters. The van der Waals surface area contributed by atoms with Gasteiger partial charge in [0, 0.05) is 0 Å². The number of carbonyl (C=O) groups is 2. The summed E-state index contributed by atoms with van der Waals surface area (Å²) in [4.78, 5) is 26.8. The van der Waals surface area contributed by atoms with E-state index in [-0.39, 0.29) is 10.7 Å². The smallest absolute Gasteiger partial charge is 0.270 e. The number of nitrogens with one attached hydrogen (secondary N) is 1. The first-order valence-electron chi connectivity index (χ1n) is 9.47. The summed E-state index contributed by atoms with van der Waals surface area (Å²) in [5, 5.41) is 2.60. The zero-order valence-electron chi connectivity index (χ0n) is 16.6. The SMILES string of the molecule is CC(=Cc1ccco1)C=C1C(=O)NC(=S)N(c2ccc(Oc3ccccc3)cc2)C1=O. The third kappa shape index (κ3) is 4.62. The summed E-state index contributed by atoms with van der Waals surface area (Å²) in [5.41, 5.74) is 1.19. The van der Waals surface area contributed by atoms with Crippen LogP contribution in [0.1, 0.15) is 12.7 Å². The Morgan fingerprint density at radius 1 is 1.00 bits per heavy atom. The Labute approximate surface area is 184 Å². The highest BCUT2D eigenvalue weighted by atomic mass is 32.1. The molecule has 1 aliphatic heterocycles. The summed E-state index contributed by atoms with van der Waals surface area (Å²) in [7, 11) is 0. The minimum atomic E-state index is -0.539. The van der Waals surface area contributed by atoms with Gasteiger partial charge < -0.3 is 9.15 Å². The molecule has 1 fully saturated rings. The van der Waals surface area contributed by atoms with Crippen LogP contribution < -0.4 is 15.0 Å². The summed E-state index contributed by atoms with van der Waals surface area (Å²) in [6.07, 6.45) is 4.80. The van der Waals surface area contributed by atoms with Crippen LogP contribution in [0.4, 0.5) is 5.69 Å². The van der Waals surface area contributed by atoms with Gasteiger partial charge in [0.15, 0.2) is 5.11 Å². The van der Waals surface area contributed by atoms with Crippen molar-refractivity contribution in [1.29, 1.82) is 0 Å². The van der Waals surface area contributed by atoms with Gasteiger partial charge >= 0.3 is 0 Å². The first kappa shape index (κ1) is 20.3. The van der Waals surface area contributed by atoms with Gasteiger partial charge in [-0.3, -0.25) is 19.8 Å². The molecule has 6 nitrogen and oxygen atoms in total. The van der Waals surface area contributed by atoms with E-state index in [1.54, 1.807) is 55.7 Å². The Balaban J connectivity index is 1.57. The maximum atomic E-state index is 13.1. The topological polar surface area (TPSA) is 71.8 Å². The number of nitrogens with zero attached hydrogens (tertiary/aromatic N) is 1. The normalized spacial score (nSPS) is 15.9. The molecule has 0 saturated carbocycles. The van der Waals surface area contributed by atoms with Gasteiger partial charge in [0.25, 0.3) is 11.8 Å². The summed E-state index contributed by atoms with van der Waals surface area (Å²) in [6, 6.07) is 19.8. The van der Waals surface area contributed by atoms with Crippen LogP contribution in [-0.4, -0.2) is 16.9 Å². The highest BCUT2D eigenvalue weighted by Gasteiger charge is 2.34. The van der Waals surface area contributed by atoms with E-state index in [2.05, 4.69) is 5.32 Å². The number of amides is 2. The van der Waals surface area contributed by atoms with E-state index in [1.165, 1.54) is 11.0 Å². The number of thiocarbonyl (C=S) groups is 1. The standard InChI is InChI=1S/C24H18N2O4S/c1-16(14-20-8-5-13-29-20)15-21-22(27)25-24(31)26(23(21)28)17-9-11-19(12-10-17)30-18-6-3-2-4-7-18/h2-15H,1H3,(H,25,27,31). The fourth-order valence-corrected chi connectivity index (χ4v) is 3.33. The zero-order valence-corrected chi connectivity index (χ0v) is 17.4. The van der Waals surface area contributed by atoms with Crippen LogP contribution in [0.2, 0.25) is 0 Å². The molecule has 1 N–H and O–H groups in total. The minimum absolute atomic E-state index is 0.0153. The molecule has 2 aromatic carbocycles. The zero-order chi connectivity index (χ0) is 21.8. The van der Waals surface area contributed by atoms with Crippen molar-refractivity contribution in [2.75, 3.05) is 4.90 Å². The van der Waals surface area contributed by atoms with Crippen LogP contribution in [0.5, 0.6) is 11.5 Å². The summed E-state index contributed by atoms with van der Waals surface area (Å²) in [6.45, 7) is 1.78. The molecule has 0 unspecified atom stereocenters. The Bertz CT molecular complexity index is 1180. The Morgan fingerprint density at radius 3 is 2.39 bits per heavy atom. The first-order chi connectivity index (χ1) is 15.0. The number of anilines is 1. The van der Waals surface area contributed by atoms with Crippen molar-refractivity contribution < 1.29 is 18.7 Å². The lowest BCUT2D eigenvalue weighted by Crippen LogP contribution is -2.54. The molecule has 1 aliphatic rings. The van der Waals surface area contributed by atoms with Crippen LogP contribution >= 0.6 is 12.2 Å². The molecule has 0 aliphatic carbocycles. The lowest BCUT2D eigenvalue weighted by molar-refractivity contribution is -0.122. The van der Waals surface area contributed by atoms with Crippen LogP contribution in [-0.2, 0) is 9.59 Å². The second kappa shape index (κ2) is 8.81. The lowest BCUT2D eigenvalue weighted by atomic mass is 10.1. The fraction of sp³-hybridized carbons (Fsp3) is 0.0417. The van der Waals surface area contributed by atoms with Gasteiger partial charge in [0.05, 0.1) is 12.0 Å². The van der Waals surface area contributed by atoms with Crippen molar-refractivity contribution in [2.24, 2.45) is 0 Å². The predicted octanol–water partition coefficient (Wildman–Crippen LogP) is 4.85. The van der Waals surface area contributed by atoms with Crippen molar-refractivity contribution in [3.05, 3.63) is 96.0 Å². The molecule has 2 amide bonds. The Hall–Kier alpha value is -3.97. The van der Waals surface area contributed by atoms with Crippen molar-refractivity contribution in [2.45, 2.75) is 6.92 Å². The number of carbonyl (C=O) groups excluding carboxylic acids is 2. The molecule has 0 spiro atoms. The van der Waals surface area contributed by atoms with E-state index in [9.17, 15) is 9.59 Å². The van der Waals surface area contributed by atoms with Crippen molar-refractivity contribution in [1.82, 2.24) is 5.32 Å². The van der Waals surface area contributed by atoms with E-state index in [0.717, 1.165) is 0 Å². The van der Waals surface area contributed by atoms with Crippen LogP contribution in [0.15, 0.2) is 94.6 Å². The van der Waals surface area contributed by atoms with Crippen molar-refractivity contribution >= 4 is 40.9 Å². The molecule has 3 aromatic rings. The van der Waals surface area contributed by atoms with Gasteiger partial charge in [-0.2, -0.15) is 0 Å². The van der Waals surface area contributed by atoms with E-state index in [1.807, 2.05) is 30.3 Å². The summed E-state index contributed by atoms with van der Waals surface area (Å²) in [5.74, 6) is 0.901. The van der Waals surface area contributed by atoms with E-state index >= 15 is 0 Å². The molecule has 154 valence electrons. The van der Waals surface area contributed by atoms with Crippen LogP contribution in [0.25, 0.3) is 6.08 Å². The number of ether oxygens (including phenoxy) is 1. The van der Waals surface area contributed by atoms with E-state index in [0.29, 0.717) is 28.5 Å². The number of hydrogen-bond donors (Lipinski definition) is 1. The predicted molar refractivity (Wildman–Crippen MR) is 122 cm³/mol. The Morgan fingerprint density at radius 2 is 1.71 bits per heavy atom. The number of para-hydroxylation sites is 1. The molecular weight excluding hydrogens is 412 g/mol. The van der Waals surface area contributed by atoms with Gasteiger partial charge in [-0.1, -0.05) is 18.2 Å². The molecular formula is C24H18N2O4S. The van der Waals surface area contributed by atoms with Gasteiger partial charge in [0.2, 0.25) is 0 Å². The second-order valence-corrected chi connectivity index (χ2v) is 7.16. The molecule has 1 aromatic heterocycles. The number of allylic oxidation sites excluding steroid dienone is 2. The number of rotatable bonds is 5. The molecule has 31 heavy (non-hydrogen) atoms. The molecule has 0 bridgehead atoms. The molecule has 1 saturated heterocycles. The average Bonchev–Trinajstić information content (AvgIpc) is 3.26. The maximum Gasteiger partial charge on any atom is 0.270 e. The molecule has 2 heterocycles. The molecule has 4 rings (SSSR count). The highest BCUT2D eigenvalue weighted by Crippen LogP contribution is 2.27. The lowest BCUT2D eigenvalue weighted by Gasteiger charge is -2.29. The first-order valence-corrected chi connectivity index (χ1v) is 9.88. The average molecular weight is 430 g/mol. The quantitative estimate of drug-likeness (QED) is 0.356. The third-order valence-electron chi connectivity index (χ3n) is 4.46. The largest absolute Gasteiger partial charge is 0.465 e. The van der Waals surface area contributed by atoms with Gasteiger partial charge in [-0.25, -0.2) is 0 Å². The van der Waals surface area contributed by atoms with E-state index in [4.69, 9.17) is 21.4 Å². The minimum Gasteiger partial charge on any atom is -0.465 e. The third-order valence-corrected chi connectivity index (χ3v) is 4.75. The number of furan rings is 1. The maximum absolute atomic E-state index is 13.1. The molecule has 7 heteroatoms. The second-order valence-electron chi connectivity index (χ2n) is 6.77. The number of benzene rings is 2. The van der Waals surface area contributed by atoms with Crippen molar-refractivity contribution in [3.8, 4) is 11.5 Å². The summed E-state index contributed by atoms with van der Waals surface area (Å²) < 4.78 is 11.1. The summed E-state index contributed by atoms with van der Waals surface area (Å²) >= 11 is 5.25. The van der Waals surface area contributed by atoms with Gasteiger partial charge in [-0.15, -0.1) is 0 Å². The van der Waals surface area contributed by atoms with Crippen molar-refractivity contribution in [3.63, 3.8) is 0 Å². The molecule has 0 radical (unpaired) electrons. The highest BCUT2D eigenvalue weighted by molar-refractivity contribution is 7.80. The van der Waals surface area contributed by atoms with Gasteiger partial charge in [-0.05, 0) is 85.4 Å². The van der Waals surface area contributed by atoms with Crippen LogP contribution in [0.3, 0.4) is 0 Å². The van der Waals surface area contributed by atoms with E-state index < -0.39 is 11.8 Å². The van der Waals surface area contributed by atoms with Crippen LogP contribution in [0, 0.1) is 0 Å². The fourth-order valence-electron chi connectivity index (χ4n) is 3.05. The Kier molecular flexibility index (Phi) is 5.77. The number of hydrogen-bond acceptors (Lipinski definition) is 5.